The summed E-state index contributed by atoms with van der Waals surface area (Å²) in [5, 5.41) is 21.3. The van der Waals surface area contributed by atoms with Gasteiger partial charge in [0.15, 0.2) is 0 Å². The highest BCUT2D eigenvalue weighted by Gasteiger charge is 2.22. The maximum atomic E-state index is 10.8. The molecule has 3 N–H and O–H groups in total. The van der Waals surface area contributed by atoms with Crippen LogP contribution < -0.4 is 5.32 Å². The fourth-order valence-corrected chi connectivity index (χ4v) is 2.14. The summed E-state index contributed by atoms with van der Waals surface area (Å²) in [7, 11) is 0. The van der Waals surface area contributed by atoms with Crippen molar-refractivity contribution < 1.29 is 15.0 Å². The summed E-state index contributed by atoms with van der Waals surface area (Å²) < 4.78 is 0. The number of aliphatic hydroxyl groups excluding tert-OH is 1. The fourth-order valence-electron chi connectivity index (χ4n) is 2.14. The molecule has 0 amide bonds. The number of nitrogens with zero attached hydrogens (tertiary/aromatic N) is 1. The zero-order valence-electron chi connectivity index (χ0n) is 9.47. The van der Waals surface area contributed by atoms with E-state index >= 15 is 0 Å². The molecule has 1 heterocycles. The summed E-state index contributed by atoms with van der Waals surface area (Å²) in [5.74, 6) is 0.0679. The zero-order valence-corrected chi connectivity index (χ0v) is 9.47. The smallest absolute Gasteiger partial charge is 0.335 e. The van der Waals surface area contributed by atoms with Crippen LogP contribution in [-0.4, -0.2) is 33.8 Å². The Bertz CT molecular complexity index is 408. The van der Waals surface area contributed by atoms with Gasteiger partial charge in [-0.05, 0) is 37.3 Å². The molecule has 1 aromatic rings. The van der Waals surface area contributed by atoms with Crippen LogP contribution >= 0.6 is 0 Å². The minimum atomic E-state index is -0.952. The van der Waals surface area contributed by atoms with E-state index in [1.165, 1.54) is 18.3 Å². The lowest BCUT2D eigenvalue weighted by Gasteiger charge is -2.11. The Hall–Kier alpha value is -1.62. The third-order valence-corrected chi connectivity index (χ3v) is 3.09. The van der Waals surface area contributed by atoms with Crippen LogP contribution in [0, 0.1) is 5.92 Å². The van der Waals surface area contributed by atoms with E-state index in [0.29, 0.717) is 11.7 Å². The lowest BCUT2D eigenvalue weighted by atomic mass is 10.1. The number of hydrogen-bond donors (Lipinski definition) is 3. The van der Waals surface area contributed by atoms with Gasteiger partial charge < -0.3 is 15.5 Å². The van der Waals surface area contributed by atoms with Crippen molar-refractivity contribution in [3.8, 4) is 0 Å². The normalized spacial score (nSPS) is 23.6. The van der Waals surface area contributed by atoms with E-state index in [-0.39, 0.29) is 11.7 Å². The van der Waals surface area contributed by atoms with E-state index in [2.05, 4.69) is 10.3 Å². The van der Waals surface area contributed by atoms with Crippen LogP contribution in [-0.2, 0) is 0 Å². The molecule has 0 bridgehead atoms. The quantitative estimate of drug-likeness (QED) is 0.735. The topological polar surface area (TPSA) is 82.5 Å². The van der Waals surface area contributed by atoms with E-state index in [0.717, 1.165) is 25.8 Å². The molecule has 0 radical (unpaired) electrons. The number of anilines is 1. The zero-order chi connectivity index (χ0) is 12.3. The summed E-state index contributed by atoms with van der Waals surface area (Å²) in [6.07, 6.45) is 3.97. The fraction of sp³-hybridized carbons (Fsp3) is 0.500. The maximum absolute atomic E-state index is 10.8. The lowest BCUT2D eigenvalue weighted by Crippen LogP contribution is -2.13. The van der Waals surface area contributed by atoms with Gasteiger partial charge in [0.1, 0.15) is 5.82 Å². The molecule has 1 aliphatic rings. The van der Waals surface area contributed by atoms with Crippen molar-refractivity contribution in [1.29, 1.82) is 0 Å². The van der Waals surface area contributed by atoms with Gasteiger partial charge in [0.05, 0.1) is 11.7 Å². The lowest BCUT2D eigenvalue weighted by molar-refractivity contribution is 0.0697. The second kappa shape index (κ2) is 5.14. The van der Waals surface area contributed by atoms with Gasteiger partial charge >= 0.3 is 5.97 Å². The van der Waals surface area contributed by atoms with Crippen molar-refractivity contribution in [1.82, 2.24) is 4.98 Å². The van der Waals surface area contributed by atoms with Crippen LogP contribution in [0.25, 0.3) is 0 Å². The molecule has 92 valence electrons. The molecule has 17 heavy (non-hydrogen) atoms. The van der Waals surface area contributed by atoms with Crippen molar-refractivity contribution in [3.63, 3.8) is 0 Å². The molecule has 0 spiro atoms. The van der Waals surface area contributed by atoms with Crippen molar-refractivity contribution >= 4 is 11.8 Å². The summed E-state index contributed by atoms with van der Waals surface area (Å²) in [4.78, 5) is 14.8. The van der Waals surface area contributed by atoms with Gasteiger partial charge in [-0.25, -0.2) is 9.78 Å². The second-order valence-corrected chi connectivity index (χ2v) is 4.45. The largest absolute Gasteiger partial charge is 0.478 e. The molecule has 1 aromatic heterocycles. The van der Waals surface area contributed by atoms with Crippen molar-refractivity contribution in [3.05, 3.63) is 23.9 Å². The molecular weight excluding hydrogens is 220 g/mol. The Morgan fingerprint density at radius 1 is 1.53 bits per heavy atom. The number of pyridine rings is 1. The third-order valence-electron chi connectivity index (χ3n) is 3.09. The SMILES string of the molecule is O=C(O)c1ccnc(NCC2CCC(O)C2)c1. The first kappa shape index (κ1) is 11.9. The van der Waals surface area contributed by atoms with E-state index in [1.54, 1.807) is 0 Å². The second-order valence-electron chi connectivity index (χ2n) is 4.45. The van der Waals surface area contributed by atoms with Crippen LogP contribution in [0.15, 0.2) is 18.3 Å². The van der Waals surface area contributed by atoms with Crippen LogP contribution in [0.3, 0.4) is 0 Å². The molecule has 0 aliphatic heterocycles. The molecule has 5 heteroatoms. The van der Waals surface area contributed by atoms with Gasteiger partial charge in [-0.15, -0.1) is 0 Å². The van der Waals surface area contributed by atoms with Crippen molar-refractivity contribution in [2.75, 3.05) is 11.9 Å². The molecule has 1 fully saturated rings. The molecule has 2 atom stereocenters. The van der Waals surface area contributed by atoms with E-state index in [4.69, 9.17) is 5.11 Å². The van der Waals surface area contributed by atoms with E-state index < -0.39 is 5.97 Å². The van der Waals surface area contributed by atoms with E-state index in [9.17, 15) is 9.90 Å². The van der Waals surface area contributed by atoms with Crippen LogP contribution in [0.2, 0.25) is 0 Å². The minimum Gasteiger partial charge on any atom is -0.478 e. The monoisotopic (exact) mass is 236 g/mol. The first-order valence-corrected chi connectivity index (χ1v) is 5.76. The highest BCUT2D eigenvalue weighted by Crippen LogP contribution is 2.25. The van der Waals surface area contributed by atoms with Gasteiger partial charge in [-0.2, -0.15) is 0 Å². The van der Waals surface area contributed by atoms with Crippen LogP contribution in [0.4, 0.5) is 5.82 Å². The van der Waals surface area contributed by atoms with Crippen molar-refractivity contribution in [2.24, 2.45) is 5.92 Å². The Morgan fingerprint density at radius 3 is 3.00 bits per heavy atom. The highest BCUT2D eigenvalue weighted by molar-refractivity contribution is 5.88. The summed E-state index contributed by atoms with van der Waals surface area (Å²) in [6.45, 7) is 0.729. The van der Waals surface area contributed by atoms with Gasteiger partial charge in [0.2, 0.25) is 0 Å². The van der Waals surface area contributed by atoms with Gasteiger partial charge in [-0.3, -0.25) is 0 Å². The highest BCUT2D eigenvalue weighted by atomic mass is 16.4. The Kier molecular flexibility index (Phi) is 3.58. The maximum Gasteiger partial charge on any atom is 0.335 e. The minimum absolute atomic E-state index is 0.180. The van der Waals surface area contributed by atoms with E-state index in [1.807, 2.05) is 0 Å². The standard InChI is InChI=1S/C12H16N2O3/c15-10-2-1-8(5-10)7-14-11-6-9(12(16)17)3-4-13-11/h3-4,6,8,10,15H,1-2,5,7H2,(H,13,14)(H,16,17). The summed E-state index contributed by atoms with van der Waals surface area (Å²) in [6, 6.07) is 2.99. The summed E-state index contributed by atoms with van der Waals surface area (Å²) in [5.41, 5.74) is 0.231. The van der Waals surface area contributed by atoms with Gasteiger partial charge in [0, 0.05) is 12.7 Å². The molecule has 1 aliphatic carbocycles. The number of carbonyl (C=O) groups is 1. The number of carboxylic acid groups (broad SMARTS) is 1. The Labute approximate surface area is 99.5 Å². The van der Waals surface area contributed by atoms with Crippen molar-refractivity contribution in [2.45, 2.75) is 25.4 Å². The number of aliphatic hydroxyl groups is 1. The first-order chi connectivity index (χ1) is 8.15. The molecule has 0 saturated heterocycles. The molecular formula is C12H16N2O3. The van der Waals surface area contributed by atoms with Crippen LogP contribution in [0.5, 0.6) is 0 Å². The summed E-state index contributed by atoms with van der Waals surface area (Å²) >= 11 is 0. The van der Waals surface area contributed by atoms with Gasteiger partial charge in [0.25, 0.3) is 0 Å². The van der Waals surface area contributed by atoms with Crippen LogP contribution in [0.1, 0.15) is 29.6 Å². The molecule has 5 nitrogen and oxygen atoms in total. The molecule has 1 saturated carbocycles. The molecule has 0 aromatic carbocycles. The number of aromatic carboxylic acids is 1. The average Bonchev–Trinajstić information content (AvgIpc) is 2.73. The number of aromatic nitrogens is 1. The van der Waals surface area contributed by atoms with Gasteiger partial charge in [-0.1, -0.05) is 0 Å². The number of rotatable bonds is 4. The molecule has 2 rings (SSSR count). The Balaban J connectivity index is 1.90. The third kappa shape index (κ3) is 3.17. The Morgan fingerprint density at radius 2 is 2.35 bits per heavy atom. The number of carboxylic acids is 1. The average molecular weight is 236 g/mol. The predicted molar refractivity (Wildman–Crippen MR) is 63.0 cm³/mol. The number of nitrogens with one attached hydrogen (secondary N) is 1. The number of hydrogen-bond acceptors (Lipinski definition) is 4. The molecule has 2 unspecified atom stereocenters. The predicted octanol–water partition coefficient (Wildman–Crippen LogP) is 1.35. The first-order valence-electron chi connectivity index (χ1n) is 5.76.